The van der Waals surface area contributed by atoms with Crippen LogP contribution in [0.15, 0.2) is 52.9 Å². The van der Waals surface area contributed by atoms with Crippen LogP contribution in [0.1, 0.15) is 12.6 Å². The van der Waals surface area contributed by atoms with Gasteiger partial charge in [-0.2, -0.15) is 0 Å². The van der Waals surface area contributed by atoms with Gasteiger partial charge in [0, 0.05) is 11.1 Å². The van der Waals surface area contributed by atoms with Crippen LogP contribution in [-0.4, -0.2) is 17.6 Å². The van der Waals surface area contributed by atoms with Gasteiger partial charge >= 0.3 is 5.97 Å². The van der Waals surface area contributed by atoms with E-state index >= 15 is 0 Å². The van der Waals surface area contributed by atoms with E-state index in [1.165, 1.54) is 36.4 Å². The molecule has 128 valence electrons. The fourth-order valence-electron chi connectivity index (χ4n) is 2.36. The molecule has 1 heterocycles. The van der Waals surface area contributed by atoms with E-state index in [-0.39, 0.29) is 30.6 Å². The zero-order valence-corrected chi connectivity index (χ0v) is 13.5. The van der Waals surface area contributed by atoms with Gasteiger partial charge in [0.05, 0.1) is 18.7 Å². The van der Waals surface area contributed by atoms with E-state index in [1.807, 2.05) is 0 Å². The van der Waals surface area contributed by atoms with Crippen molar-refractivity contribution in [2.75, 3.05) is 6.61 Å². The SMILES string of the molecule is CCOC(=O)Cc1nc(-c2ccc(F)cc2)oc1-c1ccc(F)cc1. The maximum Gasteiger partial charge on any atom is 0.312 e. The van der Waals surface area contributed by atoms with Crippen LogP contribution < -0.4 is 0 Å². The number of rotatable bonds is 5. The van der Waals surface area contributed by atoms with Crippen molar-refractivity contribution >= 4 is 5.97 Å². The Kier molecular flexibility index (Phi) is 4.88. The van der Waals surface area contributed by atoms with Gasteiger partial charge in [-0.15, -0.1) is 0 Å². The molecule has 3 aromatic rings. The minimum Gasteiger partial charge on any atom is -0.466 e. The van der Waals surface area contributed by atoms with Gasteiger partial charge in [0.2, 0.25) is 5.89 Å². The normalized spacial score (nSPS) is 10.7. The zero-order chi connectivity index (χ0) is 17.8. The van der Waals surface area contributed by atoms with Gasteiger partial charge in [0.15, 0.2) is 5.76 Å². The van der Waals surface area contributed by atoms with Crippen LogP contribution in [0, 0.1) is 11.6 Å². The molecule has 0 spiro atoms. The first kappa shape index (κ1) is 16.8. The van der Waals surface area contributed by atoms with Crippen LogP contribution in [0.3, 0.4) is 0 Å². The van der Waals surface area contributed by atoms with Gasteiger partial charge in [-0.05, 0) is 55.5 Å². The Hall–Kier alpha value is -3.02. The topological polar surface area (TPSA) is 52.3 Å². The second-order valence-corrected chi connectivity index (χ2v) is 5.29. The Morgan fingerprint density at radius 1 is 1.00 bits per heavy atom. The summed E-state index contributed by atoms with van der Waals surface area (Å²) >= 11 is 0. The Bertz CT molecular complexity index is 871. The Morgan fingerprint density at radius 2 is 1.56 bits per heavy atom. The number of hydrogen-bond donors (Lipinski definition) is 0. The van der Waals surface area contributed by atoms with Crippen molar-refractivity contribution in [3.8, 4) is 22.8 Å². The molecular weight excluding hydrogens is 328 g/mol. The smallest absolute Gasteiger partial charge is 0.312 e. The average Bonchev–Trinajstić information content (AvgIpc) is 3.00. The van der Waals surface area contributed by atoms with Crippen LogP contribution >= 0.6 is 0 Å². The van der Waals surface area contributed by atoms with E-state index in [0.717, 1.165) is 0 Å². The van der Waals surface area contributed by atoms with E-state index in [9.17, 15) is 13.6 Å². The van der Waals surface area contributed by atoms with Crippen LogP contribution in [0.5, 0.6) is 0 Å². The molecule has 3 rings (SSSR count). The number of carbonyl (C=O) groups excluding carboxylic acids is 1. The molecule has 0 unspecified atom stereocenters. The Morgan fingerprint density at radius 3 is 2.12 bits per heavy atom. The highest BCUT2D eigenvalue weighted by Crippen LogP contribution is 2.30. The number of esters is 1. The van der Waals surface area contributed by atoms with Gasteiger partial charge in [0.1, 0.15) is 11.6 Å². The minimum atomic E-state index is -0.440. The van der Waals surface area contributed by atoms with E-state index in [2.05, 4.69) is 4.98 Å². The molecule has 0 fully saturated rings. The molecule has 0 saturated heterocycles. The highest BCUT2D eigenvalue weighted by Gasteiger charge is 2.19. The first-order valence-corrected chi connectivity index (χ1v) is 7.74. The Balaban J connectivity index is 2.02. The molecule has 1 aromatic heterocycles. The number of aromatic nitrogens is 1. The quantitative estimate of drug-likeness (QED) is 0.645. The van der Waals surface area contributed by atoms with Crippen molar-refractivity contribution in [1.82, 2.24) is 4.98 Å². The Labute approximate surface area is 143 Å². The molecule has 0 saturated carbocycles. The molecule has 0 radical (unpaired) electrons. The molecule has 6 heteroatoms. The van der Waals surface area contributed by atoms with Crippen LogP contribution in [0.4, 0.5) is 8.78 Å². The van der Waals surface area contributed by atoms with Crippen molar-refractivity contribution < 1.29 is 22.7 Å². The van der Waals surface area contributed by atoms with Crippen molar-refractivity contribution in [2.45, 2.75) is 13.3 Å². The number of halogens is 2. The predicted octanol–water partition coefficient (Wildman–Crippen LogP) is 4.39. The largest absolute Gasteiger partial charge is 0.466 e. The number of carbonyl (C=O) groups is 1. The number of nitrogens with zero attached hydrogens (tertiary/aromatic N) is 1. The lowest BCUT2D eigenvalue weighted by molar-refractivity contribution is -0.142. The molecule has 0 N–H and O–H groups in total. The summed E-state index contributed by atoms with van der Waals surface area (Å²) in [6.07, 6.45) is -0.0781. The second-order valence-electron chi connectivity index (χ2n) is 5.29. The number of hydrogen-bond acceptors (Lipinski definition) is 4. The van der Waals surface area contributed by atoms with Gasteiger partial charge in [-0.3, -0.25) is 4.79 Å². The highest BCUT2D eigenvalue weighted by molar-refractivity contribution is 5.76. The molecule has 4 nitrogen and oxygen atoms in total. The third kappa shape index (κ3) is 3.91. The fourth-order valence-corrected chi connectivity index (χ4v) is 2.36. The maximum atomic E-state index is 13.2. The molecule has 0 amide bonds. The van der Waals surface area contributed by atoms with Gasteiger partial charge < -0.3 is 9.15 Å². The number of ether oxygens (including phenoxy) is 1. The molecular formula is C19H15F2NO3. The summed E-state index contributed by atoms with van der Waals surface area (Å²) in [5.74, 6) is -0.592. The van der Waals surface area contributed by atoms with E-state index in [4.69, 9.17) is 9.15 Å². The van der Waals surface area contributed by atoms with E-state index in [0.29, 0.717) is 22.6 Å². The van der Waals surface area contributed by atoms with Crippen LogP contribution in [-0.2, 0) is 16.0 Å². The van der Waals surface area contributed by atoms with Crippen LogP contribution in [0.2, 0.25) is 0 Å². The second kappa shape index (κ2) is 7.25. The summed E-state index contributed by atoms with van der Waals surface area (Å²) in [6, 6.07) is 11.3. The summed E-state index contributed by atoms with van der Waals surface area (Å²) < 4.78 is 37.0. The standard InChI is InChI=1S/C19H15F2NO3/c1-2-24-17(23)11-16-18(12-3-7-14(20)8-4-12)25-19(22-16)13-5-9-15(21)10-6-13/h3-10H,2,11H2,1H3. The zero-order valence-electron chi connectivity index (χ0n) is 13.5. The third-order valence-electron chi connectivity index (χ3n) is 3.51. The summed E-state index contributed by atoms with van der Waals surface area (Å²) in [6.45, 7) is 1.97. The van der Waals surface area contributed by atoms with Gasteiger partial charge in [-0.1, -0.05) is 0 Å². The van der Waals surface area contributed by atoms with Crippen molar-refractivity contribution in [1.29, 1.82) is 0 Å². The average molecular weight is 343 g/mol. The van der Waals surface area contributed by atoms with Gasteiger partial charge in [0.25, 0.3) is 0 Å². The molecule has 0 aliphatic heterocycles. The molecule has 0 atom stereocenters. The fraction of sp³-hybridized carbons (Fsp3) is 0.158. The lowest BCUT2D eigenvalue weighted by Crippen LogP contribution is -2.08. The van der Waals surface area contributed by atoms with Gasteiger partial charge in [-0.25, -0.2) is 13.8 Å². The summed E-state index contributed by atoms with van der Waals surface area (Å²) in [5.41, 5.74) is 1.53. The number of oxazole rings is 1. The van der Waals surface area contributed by atoms with Crippen molar-refractivity contribution in [3.05, 3.63) is 65.9 Å². The maximum absolute atomic E-state index is 13.2. The predicted molar refractivity (Wildman–Crippen MR) is 87.6 cm³/mol. The third-order valence-corrected chi connectivity index (χ3v) is 3.51. The summed E-state index contributed by atoms with van der Waals surface area (Å²) in [7, 11) is 0. The molecule has 25 heavy (non-hydrogen) atoms. The number of benzene rings is 2. The monoisotopic (exact) mass is 343 g/mol. The summed E-state index contributed by atoms with van der Waals surface area (Å²) in [4.78, 5) is 16.2. The first-order valence-electron chi connectivity index (χ1n) is 7.74. The highest BCUT2D eigenvalue weighted by atomic mass is 19.1. The van der Waals surface area contributed by atoms with Crippen molar-refractivity contribution in [2.24, 2.45) is 0 Å². The molecule has 0 bridgehead atoms. The van der Waals surface area contributed by atoms with Crippen LogP contribution in [0.25, 0.3) is 22.8 Å². The lowest BCUT2D eigenvalue weighted by Gasteiger charge is -2.02. The molecule has 0 aliphatic rings. The minimum absolute atomic E-state index is 0.0781. The molecule has 0 aliphatic carbocycles. The lowest BCUT2D eigenvalue weighted by atomic mass is 10.1. The van der Waals surface area contributed by atoms with E-state index < -0.39 is 5.97 Å². The molecule has 2 aromatic carbocycles. The van der Waals surface area contributed by atoms with Crippen molar-refractivity contribution in [3.63, 3.8) is 0 Å². The first-order chi connectivity index (χ1) is 12.1. The van der Waals surface area contributed by atoms with E-state index in [1.54, 1.807) is 19.1 Å². The summed E-state index contributed by atoms with van der Waals surface area (Å²) in [5, 5.41) is 0.